The number of benzene rings is 1. The lowest BCUT2D eigenvalue weighted by Crippen LogP contribution is -2.45. The molecule has 0 saturated carbocycles. The molecule has 1 N–H and O–H groups in total. The molecule has 1 heterocycles. The summed E-state index contributed by atoms with van der Waals surface area (Å²) in [6.07, 6.45) is 9.07. The van der Waals surface area contributed by atoms with Gasteiger partial charge in [-0.3, -0.25) is 4.79 Å². The number of carbonyl (C=O) groups is 1. The molecule has 1 amide bonds. The maximum atomic E-state index is 12.3. The molecular weight excluding hydrogens is 288 g/mol. The third-order valence-electron chi connectivity index (χ3n) is 4.23. The van der Waals surface area contributed by atoms with E-state index in [1.807, 2.05) is 30.9 Å². The first-order chi connectivity index (χ1) is 11.0. The number of likely N-dealkylation sites (tertiary alicyclic amines) is 1. The average molecular weight is 312 g/mol. The third-order valence-corrected chi connectivity index (χ3v) is 4.23. The summed E-state index contributed by atoms with van der Waals surface area (Å²) in [6, 6.07) is 4.23. The molecule has 122 valence electrons. The number of nitrogens with zero attached hydrogens (tertiary/aromatic N) is 1. The highest BCUT2D eigenvalue weighted by atomic mass is 16.5. The SMILES string of the molecule is C#Cc1cc(OCC(=O)N2CCC(NC=C)CC2)c(C)cc1C. The highest BCUT2D eigenvalue weighted by Gasteiger charge is 2.22. The summed E-state index contributed by atoms with van der Waals surface area (Å²) in [4.78, 5) is 14.1. The van der Waals surface area contributed by atoms with E-state index in [4.69, 9.17) is 11.2 Å². The number of piperidine rings is 1. The molecule has 1 fully saturated rings. The zero-order chi connectivity index (χ0) is 16.8. The Morgan fingerprint density at radius 1 is 1.43 bits per heavy atom. The van der Waals surface area contributed by atoms with Gasteiger partial charge in [0.25, 0.3) is 5.91 Å². The molecule has 4 nitrogen and oxygen atoms in total. The van der Waals surface area contributed by atoms with Crippen LogP contribution >= 0.6 is 0 Å². The van der Waals surface area contributed by atoms with Crippen molar-refractivity contribution in [1.29, 1.82) is 0 Å². The largest absolute Gasteiger partial charge is 0.483 e. The predicted octanol–water partition coefficient (Wildman–Crippen LogP) is 2.39. The van der Waals surface area contributed by atoms with E-state index in [1.165, 1.54) is 0 Å². The van der Waals surface area contributed by atoms with Gasteiger partial charge in [0.15, 0.2) is 6.61 Å². The van der Waals surface area contributed by atoms with Crippen LogP contribution in [-0.2, 0) is 4.79 Å². The number of ether oxygens (including phenoxy) is 1. The maximum Gasteiger partial charge on any atom is 0.260 e. The normalized spacial score (nSPS) is 14.9. The molecule has 0 bridgehead atoms. The van der Waals surface area contributed by atoms with Gasteiger partial charge in [-0.1, -0.05) is 18.6 Å². The van der Waals surface area contributed by atoms with Crippen LogP contribution in [0.4, 0.5) is 0 Å². The van der Waals surface area contributed by atoms with Gasteiger partial charge in [0.05, 0.1) is 0 Å². The molecule has 0 spiro atoms. The maximum absolute atomic E-state index is 12.3. The second-order valence-electron chi connectivity index (χ2n) is 5.89. The van der Waals surface area contributed by atoms with Crippen LogP contribution in [0.5, 0.6) is 5.75 Å². The Balaban J connectivity index is 1.90. The van der Waals surface area contributed by atoms with Gasteiger partial charge >= 0.3 is 0 Å². The molecule has 0 unspecified atom stereocenters. The van der Waals surface area contributed by atoms with Gasteiger partial charge in [-0.25, -0.2) is 0 Å². The number of nitrogens with one attached hydrogen (secondary N) is 1. The minimum absolute atomic E-state index is 0.0179. The van der Waals surface area contributed by atoms with Crippen LogP contribution in [0, 0.1) is 26.2 Å². The Morgan fingerprint density at radius 2 is 2.13 bits per heavy atom. The molecule has 1 aromatic carbocycles. The Bertz CT molecular complexity index is 623. The van der Waals surface area contributed by atoms with Crippen molar-refractivity contribution in [2.45, 2.75) is 32.7 Å². The van der Waals surface area contributed by atoms with Crippen molar-refractivity contribution in [3.8, 4) is 18.1 Å². The van der Waals surface area contributed by atoms with Crippen molar-refractivity contribution in [3.05, 3.63) is 41.6 Å². The summed E-state index contributed by atoms with van der Waals surface area (Å²) >= 11 is 0. The minimum Gasteiger partial charge on any atom is -0.483 e. The summed E-state index contributed by atoms with van der Waals surface area (Å²) < 4.78 is 5.71. The Morgan fingerprint density at radius 3 is 2.74 bits per heavy atom. The molecule has 0 aromatic heterocycles. The third kappa shape index (κ3) is 4.29. The number of terminal acetylenes is 1. The van der Waals surface area contributed by atoms with E-state index in [-0.39, 0.29) is 12.5 Å². The zero-order valence-corrected chi connectivity index (χ0v) is 13.9. The standard InChI is InChI=1S/C19H24N2O2/c1-5-16-12-18(15(4)11-14(16)3)23-13-19(22)21-9-7-17(8-10-21)20-6-2/h1,6,11-12,17,20H,2,7-10,13H2,3-4H3. The van der Waals surface area contributed by atoms with E-state index in [2.05, 4.69) is 17.8 Å². The number of carbonyl (C=O) groups excluding carboxylic acids is 1. The molecule has 4 heteroatoms. The quantitative estimate of drug-likeness (QED) is 0.849. The van der Waals surface area contributed by atoms with Gasteiger partial charge in [0.1, 0.15) is 5.75 Å². The van der Waals surface area contributed by atoms with E-state index < -0.39 is 0 Å². The summed E-state index contributed by atoms with van der Waals surface area (Å²) in [6.45, 7) is 9.14. The molecule has 0 atom stereocenters. The Kier molecular flexibility index (Phi) is 5.70. The van der Waals surface area contributed by atoms with E-state index in [0.29, 0.717) is 11.8 Å². The molecule has 1 saturated heterocycles. The molecule has 1 aromatic rings. The first-order valence-corrected chi connectivity index (χ1v) is 7.90. The van der Waals surface area contributed by atoms with Crippen molar-refractivity contribution in [1.82, 2.24) is 10.2 Å². The van der Waals surface area contributed by atoms with Gasteiger partial charge in [-0.05, 0) is 50.1 Å². The average Bonchev–Trinajstić information content (AvgIpc) is 2.55. The second kappa shape index (κ2) is 7.73. The molecule has 0 aliphatic carbocycles. The fourth-order valence-corrected chi connectivity index (χ4v) is 2.84. The monoisotopic (exact) mass is 312 g/mol. The summed E-state index contributed by atoms with van der Waals surface area (Å²) in [5.41, 5.74) is 2.83. The van der Waals surface area contributed by atoms with Crippen LogP contribution in [-0.4, -0.2) is 36.5 Å². The summed E-state index contributed by atoms with van der Waals surface area (Å²) in [5, 5.41) is 3.20. The zero-order valence-electron chi connectivity index (χ0n) is 13.9. The van der Waals surface area contributed by atoms with Crippen LogP contribution in [0.3, 0.4) is 0 Å². The van der Waals surface area contributed by atoms with Crippen molar-refractivity contribution in [2.75, 3.05) is 19.7 Å². The lowest BCUT2D eigenvalue weighted by molar-refractivity contribution is -0.134. The Hall–Kier alpha value is -2.41. The van der Waals surface area contributed by atoms with Crippen molar-refractivity contribution in [2.24, 2.45) is 0 Å². The van der Waals surface area contributed by atoms with Crippen molar-refractivity contribution < 1.29 is 9.53 Å². The first-order valence-electron chi connectivity index (χ1n) is 7.90. The molecule has 2 rings (SSSR count). The molecule has 1 aliphatic heterocycles. The first kappa shape index (κ1) is 17.0. The lowest BCUT2D eigenvalue weighted by atomic mass is 10.1. The second-order valence-corrected chi connectivity index (χ2v) is 5.89. The van der Waals surface area contributed by atoms with Gasteiger partial charge in [-0.2, -0.15) is 0 Å². The summed E-state index contributed by atoms with van der Waals surface area (Å²) in [7, 11) is 0. The highest BCUT2D eigenvalue weighted by molar-refractivity contribution is 5.78. The van der Waals surface area contributed by atoms with Crippen LogP contribution in [0.15, 0.2) is 24.9 Å². The van der Waals surface area contributed by atoms with Gasteiger partial charge < -0.3 is 15.0 Å². The van der Waals surface area contributed by atoms with Crippen LogP contribution < -0.4 is 10.1 Å². The van der Waals surface area contributed by atoms with E-state index >= 15 is 0 Å². The predicted molar refractivity (Wildman–Crippen MR) is 92.3 cm³/mol. The van der Waals surface area contributed by atoms with Crippen LogP contribution in [0.25, 0.3) is 0 Å². The van der Waals surface area contributed by atoms with Gasteiger partial charge in [-0.15, -0.1) is 6.42 Å². The fraction of sp³-hybridized carbons (Fsp3) is 0.421. The lowest BCUT2D eigenvalue weighted by Gasteiger charge is -2.32. The number of hydrogen-bond acceptors (Lipinski definition) is 3. The minimum atomic E-state index is 0.0179. The molecule has 1 aliphatic rings. The van der Waals surface area contributed by atoms with Crippen molar-refractivity contribution >= 4 is 5.91 Å². The number of amides is 1. The topological polar surface area (TPSA) is 41.6 Å². The van der Waals surface area contributed by atoms with E-state index in [9.17, 15) is 4.79 Å². The highest BCUT2D eigenvalue weighted by Crippen LogP contribution is 2.22. The molecular formula is C19H24N2O2. The fourth-order valence-electron chi connectivity index (χ4n) is 2.84. The number of rotatable bonds is 5. The van der Waals surface area contributed by atoms with E-state index in [1.54, 1.807) is 6.20 Å². The van der Waals surface area contributed by atoms with Crippen molar-refractivity contribution in [3.63, 3.8) is 0 Å². The van der Waals surface area contributed by atoms with Gasteiger partial charge in [0, 0.05) is 24.7 Å². The van der Waals surface area contributed by atoms with Gasteiger partial charge in [0.2, 0.25) is 0 Å². The van der Waals surface area contributed by atoms with E-state index in [0.717, 1.165) is 42.6 Å². The van der Waals surface area contributed by atoms with Crippen LogP contribution in [0.2, 0.25) is 0 Å². The van der Waals surface area contributed by atoms with Crippen LogP contribution in [0.1, 0.15) is 29.5 Å². The smallest absolute Gasteiger partial charge is 0.260 e. The number of hydrogen-bond donors (Lipinski definition) is 1. The summed E-state index contributed by atoms with van der Waals surface area (Å²) in [5.74, 6) is 3.34. The molecule has 23 heavy (non-hydrogen) atoms. The number of aryl methyl sites for hydroxylation is 2. The molecule has 0 radical (unpaired) electrons. The Labute approximate surface area is 138 Å².